The smallest absolute Gasteiger partial charge is 0.370 e. The zero-order chi connectivity index (χ0) is 14.4. The number of aromatic nitrogens is 3. The van der Waals surface area contributed by atoms with Crippen LogP contribution < -0.4 is 5.32 Å². The molecule has 1 N–H and O–H groups in total. The summed E-state index contributed by atoms with van der Waals surface area (Å²) in [6, 6.07) is 5.24. The molecule has 0 saturated carbocycles. The second-order valence-corrected chi connectivity index (χ2v) is 4.15. The molecule has 0 atom stereocenters. The summed E-state index contributed by atoms with van der Waals surface area (Å²) in [5, 5.41) is 2.86. The molecule has 0 spiro atoms. The number of alkyl halides is 3. The minimum Gasteiger partial charge on any atom is -0.370 e. The van der Waals surface area contributed by atoms with Crippen molar-refractivity contribution in [1.29, 1.82) is 0 Å². The van der Waals surface area contributed by atoms with Gasteiger partial charge in [0.15, 0.2) is 0 Å². The molecule has 4 nitrogen and oxygen atoms in total. The molecule has 0 aromatic carbocycles. The Kier molecular flexibility index (Phi) is 4.49. The van der Waals surface area contributed by atoms with Crippen molar-refractivity contribution >= 4 is 5.82 Å². The van der Waals surface area contributed by atoms with Crippen LogP contribution in [0.25, 0.3) is 0 Å². The molecule has 2 aromatic rings. The van der Waals surface area contributed by atoms with Gasteiger partial charge in [0.05, 0.1) is 0 Å². The van der Waals surface area contributed by atoms with E-state index in [1.165, 1.54) is 6.07 Å². The number of hydrogen-bond acceptors (Lipinski definition) is 4. The molecule has 106 valence electrons. The normalized spacial score (nSPS) is 11.3. The van der Waals surface area contributed by atoms with Crippen LogP contribution in [-0.2, 0) is 12.6 Å². The van der Waals surface area contributed by atoms with Crippen molar-refractivity contribution in [3.63, 3.8) is 0 Å². The Morgan fingerprint density at radius 3 is 2.50 bits per heavy atom. The van der Waals surface area contributed by atoms with Gasteiger partial charge in [-0.2, -0.15) is 13.2 Å². The average molecular weight is 282 g/mol. The molecule has 0 saturated heterocycles. The molecule has 20 heavy (non-hydrogen) atoms. The summed E-state index contributed by atoms with van der Waals surface area (Å²) in [5.41, 5.74) is 1.14. The van der Waals surface area contributed by atoms with Crippen LogP contribution in [0.5, 0.6) is 0 Å². The minimum atomic E-state index is -4.52. The summed E-state index contributed by atoms with van der Waals surface area (Å²) >= 11 is 0. The molecule has 0 amide bonds. The molecule has 0 radical (unpaired) electrons. The van der Waals surface area contributed by atoms with Crippen LogP contribution >= 0.6 is 0 Å². The van der Waals surface area contributed by atoms with E-state index in [0.717, 1.165) is 24.6 Å². The minimum absolute atomic E-state index is 0.182. The van der Waals surface area contributed by atoms with Crippen molar-refractivity contribution in [2.24, 2.45) is 0 Å². The highest BCUT2D eigenvalue weighted by atomic mass is 19.4. The zero-order valence-corrected chi connectivity index (χ0v) is 10.6. The molecule has 2 aromatic heterocycles. The highest BCUT2D eigenvalue weighted by molar-refractivity contribution is 5.33. The summed E-state index contributed by atoms with van der Waals surface area (Å²) in [6.45, 7) is 0.538. The third kappa shape index (κ3) is 4.18. The molecule has 7 heteroatoms. The van der Waals surface area contributed by atoms with Crippen molar-refractivity contribution in [2.45, 2.75) is 19.0 Å². The first-order valence-corrected chi connectivity index (χ1v) is 6.09. The Hall–Kier alpha value is -2.18. The van der Waals surface area contributed by atoms with E-state index in [4.69, 9.17) is 0 Å². The Morgan fingerprint density at radius 2 is 1.80 bits per heavy atom. The molecule has 0 bridgehead atoms. The second kappa shape index (κ2) is 6.31. The van der Waals surface area contributed by atoms with Gasteiger partial charge in [-0.3, -0.25) is 4.98 Å². The first kappa shape index (κ1) is 14.2. The summed E-state index contributed by atoms with van der Waals surface area (Å²) in [6.07, 6.45) is 1.61. The van der Waals surface area contributed by atoms with Gasteiger partial charge in [-0.15, -0.1) is 0 Å². The first-order chi connectivity index (χ1) is 9.55. The number of nitrogens with one attached hydrogen (secondary N) is 1. The average Bonchev–Trinajstić information content (AvgIpc) is 2.44. The topological polar surface area (TPSA) is 50.7 Å². The van der Waals surface area contributed by atoms with E-state index < -0.39 is 12.0 Å². The lowest BCUT2D eigenvalue weighted by molar-refractivity contribution is -0.144. The molecule has 0 unspecified atom stereocenters. The van der Waals surface area contributed by atoms with E-state index >= 15 is 0 Å². The third-order valence-corrected chi connectivity index (χ3v) is 2.61. The van der Waals surface area contributed by atoms with Crippen LogP contribution in [0.1, 0.15) is 17.8 Å². The molecule has 0 fully saturated rings. The largest absolute Gasteiger partial charge is 0.451 e. The Morgan fingerprint density at radius 1 is 1.05 bits per heavy atom. The fourth-order valence-electron chi connectivity index (χ4n) is 1.65. The fraction of sp³-hybridized carbons (Fsp3) is 0.308. The molecule has 0 aliphatic carbocycles. The van der Waals surface area contributed by atoms with Crippen molar-refractivity contribution in [2.75, 3.05) is 11.9 Å². The van der Waals surface area contributed by atoms with E-state index in [9.17, 15) is 13.2 Å². The quantitative estimate of drug-likeness (QED) is 0.857. The van der Waals surface area contributed by atoms with Gasteiger partial charge in [0.1, 0.15) is 5.82 Å². The standard InChI is InChI=1S/C13H13F3N4/c14-13(15,16)12-19-9-5-11(20-12)18-6-1-2-10-3-7-17-8-4-10/h3-5,7-9H,1-2,6H2,(H,18,19,20). The molecule has 2 heterocycles. The maximum Gasteiger partial charge on any atom is 0.451 e. The molecule has 2 rings (SSSR count). The van der Waals surface area contributed by atoms with Gasteiger partial charge in [-0.25, -0.2) is 9.97 Å². The zero-order valence-electron chi connectivity index (χ0n) is 10.6. The van der Waals surface area contributed by atoms with Gasteiger partial charge in [-0.05, 0) is 36.6 Å². The van der Waals surface area contributed by atoms with Gasteiger partial charge in [-0.1, -0.05) is 0 Å². The highest BCUT2D eigenvalue weighted by Gasteiger charge is 2.34. The highest BCUT2D eigenvalue weighted by Crippen LogP contribution is 2.26. The lowest BCUT2D eigenvalue weighted by Crippen LogP contribution is -2.13. The Bertz CT molecular complexity index is 543. The van der Waals surface area contributed by atoms with Crippen LogP contribution in [-0.4, -0.2) is 21.5 Å². The van der Waals surface area contributed by atoms with E-state index in [0.29, 0.717) is 6.54 Å². The van der Waals surface area contributed by atoms with Crippen LogP contribution in [0.2, 0.25) is 0 Å². The number of aryl methyl sites for hydroxylation is 1. The lowest BCUT2D eigenvalue weighted by Gasteiger charge is -2.08. The Labute approximate surface area is 114 Å². The van der Waals surface area contributed by atoms with Gasteiger partial charge in [0.2, 0.25) is 5.82 Å². The van der Waals surface area contributed by atoms with Gasteiger partial charge < -0.3 is 5.32 Å². The predicted octanol–water partition coefficient (Wildman–Crippen LogP) is 2.94. The first-order valence-electron chi connectivity index (χ1n) is 6.09. The van der Waals surface area contributed by atoms with Crippen molar-refractivity contribution < 1.29 is 13.2 Å². The van der Waals surface area contributed by atoms with Crippen molar-refractivity contribution in [3.8, 4) is 0 Å². The fourth-order valence-corrected chi connectivity index (χ4v) is 1.65. The van der Waals surface area contributed by atoms with E-state index in [2.05, 4.69) is 20.3 Å². The molecular weight excluding hydrogens is 269 g/mol. The summed E-state index contributed by atoms with van der Waals surface area (Å²) < 4.78 is 37.3. The third-order valence-electron chi connectivity index (χ3n) is 2.61. The SMILES string of the molecule is FC(F)(F)c1nccc(NCCCc2ccncc2)n1. The second-order valence-electron chi connectivity index (χ2n) is 4.15. The number of halogens is 3. The predicted molar refractivity (Wildman–Crippen MR) is 68.1 cm³/mol. The Balaban J connectivity index is 1.83. The molecule has 0 aliphatic rings. The van der Waals surface area contributed by atoms with Crippen LogP contribution in [0.3, 0.4) is 0 Å². The molecule has 0 aliphatic heterocycles. The summed E-state index contributed by atoms with van der Waals surface area (Å²) in [5.74, 6) is -0.946. The van der Waals surface area contributed by atoms with Gasteiger partial charge in [0.25, 0.3) is 0 Å². The monoisotopic (exact) mass is 282 g/mol. The number of hydrogen-bond donors (Lipinski definition) is 1. The van der Waals surface area contributed by atoms with Gasteiger partial charge in [0, 0.05) is 25.1 Å². The number of anilines is 1. The van der Waals surface area contributed by atoms with Crippen molar-refractivity contribution in [1.82, 2.24) is 15.0 Å². The number of pyridine rings is 1. The maximum absolute atomic E-state index is 12.4. The van der Waals surface area contributed by atoms with E-state index in [-0.39, 0.29) is 5.82 Å². The van der Waals surface area contributed by atoms with E-state index in [1.807, 2.05) is 12.1 Å². The maximum atomic E-state index is 12.4. The van der Waals surface area contributed by atoms with Crippen LogP contribution in [0.4, 0.5) is 19.0 Å². The summed E-state index contributed by atoms with van der Waals surface area (Å²) in [7, 11) is 0. The van der Waals surface area contributed by atoms with Crippen molar-refractivity contribution in [3.05, 3.63) is 48.2 Å². The lowest BCUT2D eigenvalue weighted by atomic mass is 10.1. The summed E-state index contributed by atoms with van der Waals surface area (Å²) in [4.78, 5) is 10.5. The van der Waals surface area contributed by atoms with Crippen LogP contribution in [0.15, 0.2) is 36.8 Å². The molecular formula is C13H13F3N4. The van der Waals surface area contributed by atoms with Gasteiger partial charge >= 0.3 is 6.18 Å². The van der Waals surface area contributed by atoms with E-state index in [1.54, 1.807) is 12.4 Å². The number of rotatable bonds is 5. The number of nitrogens with zero attached hydrogens (tertiary/aromatic N) is 3. The van der Waals surface area contributed by atoms with Crippen LogP contribution in [0, 0.1) is 0 Å².